The Labute approximate surface area is 136 Å². The molecule has 0 aromatic rings. The molecule has 2 unspecified atom stereocenters. The van der Waals surface area contributed by atoms with E-state index in [4.69, 9.17) is 14.9 Å². The van der Waals surface area contributed by atoms with E-state index < -0.39 is 67.6 Å². The van der Waals surface area contributed by atoms with E-state index in [1.807, 2.05) is 0 Å². The number of esters is 3. The van der Waals surface area contributed by atoms with Crippen molar-refractivity contribution in [3.63, 3.8) is 0 Å². The van der Waals surface area contributed by atoms with Crippen molar-refractivity contribution in [2.75, 3.05) is 13.2 Å². The number of carboxylic acid groups (broad SMARTS) is 2. The molecule has 3 N–H and O–H groups in total. The third-order valence-corrected chi connectivity index (χ3v) is 2.51. The largest absolute Gasteiger partial charge is 0.481 e. The molecular formula is C13H18O11. The van der Waals surface area contributed by atoms with E-state index in [9.17, 15) is 29.1 Å². The molecule has 11 heteroatoms. The van der Waals surface area contributed by atoms with Crippen LogP contribution in [0.3, 0.4) is 0 Å². The Bertz CT molecular complexity index is 512. The summed E-state index contributed by atoms with van der Waals surface area (Å²) in [4.78, 5) is 54.7. The quantitative estimate of drug-likeness (QED) is 0.315. The highest BCUT2D eigenvalue weighted by Crippen LogP contribution is 2.17. The van der Waals surface area contributed by atoms with Crippen LogP contribution in [0.2, 0.25) is 0 Å². The van der Waals surface area contributed by atoms with Crippen molar-refractivity contribution in [1.29, 1.82) is 0 Å². The van der Waals surface area contributed by atoms with Crippen LogP contribution in [-0.4, -0.2) is 70.1 Å². The maximum Gasteiger partial charge on any atom is 0.336 e. The number of hydrogen-bond donors (Lipinski definition) is 3. The minimum absolute atomic E-state index is 0.402. The maximum atomic E-state index is 11.6. The molecule has 24 heavy (non-hydrogen) atoms. The molecule has 0 aliphatic heterocycles. The molecule has 0 saturated heterocycles. The molecule has 0 saturated carbocycles. The summed E-state index contributed by atoms with van der Waals surface area (Å²) in [5, 5.41) is 27.1. The van der Waals surface area contributed by atoms with Crippen LogP contribution in [0.15, 0.2) is 0 Å². The molecule has 0 bridgehead atoms. The van der Waals surface area contributed by atoms with Gasteiger partial charge in [-0.05, 0) is 0 Å². The van der Waals surface area contributed by atoms with Gasteiger partial charge in [-0.3, -0.25) is 19.2 Å². The molecule has 0 rings (SSSR count). The van der Waals surface area contributed by atoms with Gasteiger partial charge in [0.25, 0.3) is 0 Å². The fourth-order valence-electron chi connectivity index (χ4n) is 1.50. The van der Waals surface area contributed by atoms with E-state index in [0.29, 0.717) is 0 Å². The Balaban J connectivity index is 4.69. The average Bonchev–Trinajstić information content (AvgIpc) is 2.40. The van der Waals surface area contributed by atoms with Crippen LogP contribution >= 0.6 is 0 Å². The highest BCUT2D eigenvalue weighted by atomic mass is 16.6. The lowest BCUT2D eigenvalue weighted by atomic mass is 9.96. The minimum Gasteiger partial charge on any atom is -0.481 e. The van der Waals surface area contributed by atoms with E-state index in [2.05, 4.69) is 9.47 Å². The molecule has 11 nitrogen and oxygen atoms in total. The highest BCUT2D eigenvalue weighted by molar-refractivity contribution is 5.88. The normalized spacial score (nSPS) is 14.0. The van der Waals surface area contributed by atoms with Gasteiger partial charge in [0.2, 0.25) is 0 Å². The number of ether oxygens (including phenoxy) is 3. The summed E-state index contributed by atoms with van der Waals surface area (Å²) in [7, 11) is 0. The molecular weight excluding hydrogens is 332 g/mol. The van der Waals surface area contributed by atoms with Gasteiger partial charge in [-0.15, -0.1) is 0 Å². The summed E-state index contributed by atoms with van der Waals surface area (Å²) in [6, 6.07) is 0. The van der Waals surface area contributed by atoms with Crippen molar-refractivity contribution in [1.82, 2.24) is 0 Å². The van der Waals surface area contributed by atoms with Crippen LogP contribution in [-0.2, 0) is 38.2 Å². The number of hydrogen-bond acceptors (Lipinski definition) is 9. The van der Waals surface area contributed by atoms with Crippen LogP contribution in [0, 0.1) is 0 Å². The standard InChI is InChI=1S/C13H18O11/c1-7(14)22-5-9(24-8(2)15)6-23-11(18)4-13(21,12(19)20)3-10(16)17/h9,21H,3-6H2,1-2H3,(H,16,17)(H,19,20). The highest BCUT2D eigenvalue weighted by Gasteiger charge is 2.41. The topological polar surface area (TPSA) is 174 Å². The molecule has 0 amide bonds. The second-order valence-electron chi connectivity index (χ2n) is 4.80. The molecule has 0 aromatic carbocycles. The summed E-state index contributed by atoms with van der Waals surface area (Å²) in [6.45, 7) is 1.20. The number of rotatable bonds is 10. The van der Waals surface area contributed by atoms with E-state index in [0.717, 1.165) is 13.8 Å². The Morgan fingerprint density at radius 1 is 0.917 bits per heavy atom. The van der Waals surface area contributed by atoms with Crippen molar-refractivity contribution in [3.05, 3.63) is 0 Å². The van der Waals surface area contributed by atoms with Crippen LogP contribution in [0.1, 0.15) is 26.7 Å². The molecule has 2 atom stereocenters. The van der Waals surface area contributed by atoms with E-state index in [-0.39, 0.29) is 0 Å². The SMILES string of the molecule is CC(=O)OCC(COC(=O)CC(O)(CC(=O)O)C(=O)O)OC(C)=O. The Hall–Kier alpha value is -2.69. The summed E-state index contributed by atoms with van der Waals surface area (Å²) in [5.41, 5.74) is -2.84. The van der Waals surface area contributed by atoms with Crippen molar-refractivity contribution < 1.29 is 53.5 Å². The number of carboxylic acids is 2. The minimum atomic E-state index is -2.84. The first-order valence-corrected chi connectivity index (χ1v) is 6.60. The van der Waals surface area contributed by atoms with Gasteiger partial charge in [-0.2, -0.15) is 0 Å². The van der Waals surface area contributed by atoms with Gasteiger partial charge < -0.3 is 29.5 Å². The van der Waals surface area contributed by atoms with Crippen molar-refractivity contribution in [2.45, 2.75) is 38.4 Å². The average molecular weight is 350 g/mol. The van der Waals surface area contributed by atoms with Crippen molar-refractivity contribution in [3.8, 4) is 0 Å². The number of carbonyl (C=O) groups excluding carboxylic acids is 3. The van der Waals surface area contributed by atoms with Gasteiger partial charge in [0.1, 0.15) is 13.2 Å². The summed E-state index contributed by atoms with van der Waals surface area (Å²) in [6.07, 6.45) is -3.47. The first-order chi connectivity index (χ1) is 11.0. The fraction of sp³-hybridized carbons (Fsp3) is 0.615. The van der Waals surface area contributed by atoms with Crippen LogP contribution in [0.25, 0.3) is 0 Å². The van der Waals surface area contributed by atoms with Gasteiger partial charge in [-0.25, -0.2) is 4.79 Å². The number of aliphatic carboxylic acids is 2. The molecule has 0 aromatic heterocycles. The fourth-order valence-corrected chi connectivity index (χ4v) is 1.50. The predicted octanol–water partition coefficient (Wildman–Crippen LogP) is -1.30. The Morgan fingerprint density at radius 3 is 1.88 bits per heavy atom. The van der Waals surface area contributed by atoms with E-state index in [1.54, 1.807) is 0 Å². The van der Waals surface area contributed by atoms with Gasteiger partial charge >= 0.3 is 29.8 Å². The first kappa shape index (κ1) is 21.3. The second kappa shape index (κ2) is 9.45. The lowest BCUT2D eigenvalue weighted by molar-refractivity contribution is -0.175. The lowest BCUT2D eigenvalue weighted by Gasteiger charge is -2.21. The number of aliphatic hydroxyl groups is 1. The van der Waals surface area contributed by atoms with E-state index in [1.165, 1.54) is 0 Å². The van der Waals surface area contributed by atoms with Gasteiger partial charge in [-0.1, -0.05) is 0 Å². The van der Waals surface area contributed by atoms with Crippen LogP contribution in [0.5, 0.6) is 0 Å². The molecule has 136 valence electrons. The second-order valence-corrected chi connectivity index (χ2v) is 4.80. The van der Waals surface area contributed by atoms with Gasteiger partial charge in [0.15, 0.2) is 11.7 Å². The predicted molar refractivity (Wildman–Crippen MR) is 72.6 cm³/mol. The van der Waals surface area contributed by atoms with Gasteiger partial charge in [0.05, 0.1) is 12.8 Å². The van der Waals surface area contributed by atoms with Crippen molar-refractivity contribution >= 4 is 29.8 Å². The molecule has 0 aliphatic carbocycles. The zero-order chi connectivity index (χ0) is 18.9. The molecule has 0 radical (unpaired) electrons. The molecule has 0 aliphatic rings. The Kier molecular flexibility index (Phi) is 8.39. The zero-order valence-electron chi connectivity index (χ0n) is 13.0. The van der Waals surface area contributed by atoms with Crippen LogP contribution in [0.4, 0.5) is 0 Å². The third-order valence-electron chi connectivity index (χ3n) is 2.51. The Morgan fingerprint density at radius 2 is 1.46 bits per heavy atom. The monoisotopic (exact) mass is 350 g/mol. The maximum absolute atomic E-state index is 11.6. The number of carbonyl (C=O) groups is 5. The van der Waals surface area contributed by atoms with Crippen molar-refractivity contribution in [2.24, 2.45) is 0 Å². The summed E-state index contributed by atoms with van der Waals surface area (Å²) in [5.74, 6) is -6.17. The zero-order valence-corrected chi connectivity index (χ0v) is 13.0. The smallest absolute Gasteiger partial charge is 0.336 e. The van der Waals surface area contributed by atoms with E-state index >= 15 is 0 Å². The van der Waals surface area contributed by atoms with Crippen LogP contribution < -0.4 is 0 Å². The molecule has 0 spiro atoms. The van der Waals surface area contributed by atoms with Gasteiger partial charge in [0, 0.05) is 13.8 Å². The summed E-state index contributed by atoms with van der Waals surface area (Å²) < 4.78 is 14.0. The molecule has 0 fully saturated rings. The lowest BCUT2D eigenvalue weighted by Crippen LogP contribution is -2.43. The summed E-state index contributed by atoms with van der Waals surface area (Å²) >= 11 is 0. The third kappa shape index (κ3) is 8.68. The first-order valence-electron chi connectivity index (χ1n) is 6.60. The molecule has 0 heterocycles.